The molecule has 0 bridgehead atoms. The van der Waals surface area contributed by atoms with Crippen LogP contribution in [-0.4, -0.2) is 11.8 Å². The average molecular weight is 367 g/mol. The summed E-state index contributed by atoms with van der Waals surface area (Å²) in [6, 6.07) is 15.9. The minimum atomic E-state index is 0.0176. The van der Waals surface area contributed by atoms with Gasteiger partial charge in [-0.05, 0) is 54.7 Å². The predicted molar refractivity (Wildman–Crippen MR) is 112 cm³/mol. The van der Waals surface area contributed by atoms with Crippen LogP contribution in [0.3, 0.4) is 0 Å². The van der Waals surface area contributed by atoms with Gasteiger partial charge in [-0.1, -0.05) is 52.0 Å². The first-order valence-electron chi connectivity index (χ1n) is 9.72. The second-order valence-corrected chi connectivity index (χ2v) is 7.17. The number of anilines is 2. The van der Waals surface area contributed by atoms with Crippen molar-refractivity contribution in [1.82, 2.24) is 0 Å². The summed E-state index contributed by atoms with van der Waals surface area (Å²) >= 11 is 0. The summed E-state index contributed by atoms with van der Waals surface area (Å²) in [5.74, 6) is 0.147. The van der Waals surface area contributed by atoms with E-state index in [1.807, 2.05) is 76.2 Å². The molecule has 0 heterocycles. The Bertz CT molecular complexity index is 685. The lowest BCUT2D eigenvalue weighted by Gasteiger charge is -2.11. The molecular formula is C23H30N2O2. The smallest absolute Gasteiger partial charge is 0.227 e. The molecule has 27 heavy (non-hydrogen) atoms. The van der Waals surface area contributed by atoms with Crippen molar-refractivity contribution in [2.24, 2.45) is 11.8 Å². The lowest BCUT2D eigenvalue weighted by atomic mass is 10.0. The van der Waals surface area contributed by atoms with Crippen LogP contribution in [0.2, 0.25) is 0 Å². The molecule has 0 saturated heterocycles. The molecule has 2 amide bonds. The van der Waals surface area contributed by atoms with Crippen LogP contribution >= 0.6 is 0 Å². The normalized spacial score (nSPS) is 12.9. The van der Waals surface area contributed by atoms with E-state index in [-0.39, 0.29) is 23.7 Å². The number of benzene rings is 2. The zero-order chi connectivity index (χ0) is 19.8. The van der Waals surface area contributed by atoms with E-state index in [0.717, 1.165) is 30.6 Å². The number of carbonyl (C=O) groups is 2. The average Bonchev–Trinajstić information content (AvgIpc) is 2.69. The number of nitrogens with one attached hydrogen (secondary N) is 2. The Hall–Kier alpha value is -2.62. The van der Waals surface area contributed by atoms with Crippen LogP contribution in [0.15, 0.2) is 48.5 Å². The van der Waals surface area contributed by atoms with Crippen LogP contribution < -0.4 is 10.6 Å². The van der Waals surface area contributed by atoms with Gasteiger partial charge in [-0.2, -0.15) is 0 Å². The number of rotatable bonds is 8. The summed E-state index contributed by atoms with van der Waals surface area (Å²) in [6.45, 7) is 7.88. The van der Waals surface area contributed by atoms with Gasteiger partial charge in [0.1, 0.15) is 0 Å². The van der Waals surface area contributed by atoms with Gasteiger partial charge in [0.25, 0.3) is 0 Å². The van der Waals surface area contributed by atoms with E-state index in [0.29, 0.717) is 0 Å². The Labute approximate surface area is 162 Å². The van der Waals surface area contributed by atoms with Crippen molar-refractivity contribution in [3.63, 3.8) is 0 Å². The summed E-state index contributed by atoms with van der Waals surface area (Å²) in [4.78, 5) is 23.9. The van der Waals surface area contributed by atoms with Crippen LogP contribution in [0.5, 0.6) is 0 Å². The van der Waals surface area contributed by atoms with Crippen LogP contribution in [0, 0.1) is 11.8 Å². The van der Waals surface area contributed by atoms with Gasteiger partial charge in [-0.15, -0.1) is 0 Å². The summed E-state index contributed by atoms with van der Waals surface area (Å²) in [7, 11) is 0. The van der Waals surface area contributed by atoms with E-state index in [2.05, 4.69) is 10.6 Å². The SMILES string of the molecule is CCC(C)C(=O)Nc1ccc(Cc2ccc(NC(=O)C(C)CC)cc2)cc1. The Morgan fingerprint density at radius 2 is 1.04 bits per heavy atom. The standard InChI is InChI=1S/C23H30N2O2/c1-5-16(3)22(26)24-20-11-7-18(8-12-20)15-19-9-13-21(14-10-19)25-23(27)17(4)6-2/h7-14,16-17H,5-6,15H2,1-4H3,(H,24,26)(H,25,27). The number of amides is 2. The first-order chi connectivity index (χ1) is 12.9. The van der Waals surface area contributed by atoms with Gasteiger partial charge in [0.15, 0.2) is 0 Å². The highest BCUT2D eigenvalue weighted by molar-refractivity contribution is 5.92. The third-order valence-corrected chi connectivity index (χ3v) is 4.97. The molecule has 0 fully saturated rings. The topological polar surface area (TPSA) is 58.2 Å². The molecule has 2 N–H and O–H groups in total. The van der Waals surface area contributed by atoms with Gasteiger partial charge in [-0.25, -0.2) is 0 Å². The molecule has 0 radical (unpaired) electrons. The van der Waals surface area contributed by atoms with Gasteiger partial charge in [0.2, 0.25) is 11.8 Å². The quantitative estimate of drug-likeness (QED) is 0.670. The first kappa shape index (κ1) is 20.7. The highest BCUT2D eigenvalue weighted by Crippen LogP contribution is 2.17. The van der Waals surface area contributed by atoms with Crippen molar-refractivity contribution in [3.8, 4) is 0 Å². The molecule has 0 aliphatic carbocycles. The Morgan fingerprint density at radius 3 is 1.33 bits per heavy atom. The first-order valence-corrected chi connectivity index (χ1v) is 9.72. The van der Waals surface area contributed by atoms with E-state index >= 15 is 0 Å². The highest BCUT2D eigenvalue weighted by Gasteiger charge is 2.11. The highest BCUT2D eigenvalue weighted by atomic mass is 16.2. The Balaban J connectivity index is 1.93. The van der Waals surface area contributed by atoms with Crippen LogP contribution in [0.4, 0.5) is 11.4 Å². The predicted octanol–water partition coefficient (Wildman–Crippen LogP) is 5.25. The molecule has 0 aliphatic heterocycles. The molecule has 4 heteroatoms. The third-order valence-electron chi connectivity index (χ3n) is 4.97. The zero-order valence-electron chi connectivity index (χ0n) is 16.7. The Morgan fingerprint density at radius 1 is 0.704 bits per heavy atom. The lowest BCUT2D eigenvalue weighted by molar-refractivity contribution is -0.120. The van der Waals surface area contributed by atoms with Gasteiger partial charge in [0.05, 0.1) is 0 Å². The van der Waals surface area contributed by atoms with Crippen LogP contribution in [0.25, 0.3) is 0 Å². The molecule has 2 unspecified atom stereocenters. The van der Waals surface area contributed by atoms with Crippen molar-refractivity contribution in [3.05, 3.63) is 59.7 Å². The Kier molecular flexibility index (Phi) is 7.59. The molecule has 2 atom stereocenters. The molecule has 2 aromatic rings. The maximum Gasteiger partial charge on any atom is 0.227 e. The van der Waals surface area contributed by atoms with Crippen LogP contribution in [0.1, 0.15) is 51.7 Å². The molecular weight excluding hydrogens is 336 g/mol. The molecule has 144 valence electrons. The number of hydrogen-bond donors (Lipinski definition) is 2. The second-order valence-electron chi connectivity index (χ2n) is 7.17. The van der Waals surface area contributed by atoms with Gasteiger partial charge < -0.3 is 10.6 Å². The summed E-state index contributed by atoms with van der Waals surface area (Å²) in [6.07, 6.45) is 2.47. The maximum absolute atomic E-state index is 11.9. The van der Waals surface area contributed by atoms with E-state index in [4.69, 9.17) is 0 Å². The van der Waals surface area contributed by atoms with E-state index < -0.39 is 0 Å². The monoisotopic (exact) mass is 366 g/mol. The number of hydrogen-bond acceptors (Lipinski definition) is 2. The molecule has 0 aliphatic rings. The fourth-order valence-electron chi connectivity index (χ4n) is 2.55. The van der Waals surface area contributed by atoms with Crippen molar-refractivity contribution < 1.29 is 9.59 Å². The van der Waals surface area contributed by atoms with Crippen molar-refractivity contribution in [2.75, 3.05) is 10.6 Å². The van der Waals surface area contributed by atoms with Gasteiger partial charge >= 0.3 is 0 Å². The minimum absolute atomic E-state index is 0.0176. The van der Waals surface area contributed by atoms with Crippen LogP contribution in [-0.2, 0) is 16.0 Å². The van der Waals surface area contributed by atoms with E-state index in [1.54, 1.807) is 0 Å². The maximum atomic E-state index is 11.9. The van der Waals surface area contributed by atoms with Gasteiger partial charge in [-0.3, -0.25) is 9.59 Å². The molecule has 0 saturated carbocycles. The molecule has 0 spiro atoms. The molecule has 2 rings (SSSR count). The van der Waals surface area contributed by atoms with Crippen molar-refractivity contribution in [2.45, 2.75) is 47.0 Å². The summed E-state index contributed by atoms with van der Waals surface area (Å²) < 4.78 is 0. The molecule has 4 nitrogen and oxygen atoms in total. The summed E-state index contributed by atoms with van der Waals surface area (Å²) in [5, 5.41) is 5.89. The van der Waals surface area contributed by atoms with Crippen molar-refractivity contribution in [1.29, 1.82) is 0 Å². The third kappa shape index (κ3) is 6.24. The lowest BCUT2D eigenvalue weighted by Crippen LogP contribution is -2.19. The fourth-order valence-corrected chi connectivity index (χ4v) is 2.55. The van der Waals surface area contributed by atoms with E-state index in [9.17, 15) is 9.59 Å². The van der Waals surface area contributed by atoms with Crippen molar-refractivity contribution >= 4 is 23.2 Å². The summed E-state index contributed by atoms with van der Waals surface area (Å²) in [5.41, 5.74) is 4.00. The minimum Gasteiger partial charge on any atom is -0.326 e. The second kappa shape index (κ2) is 9.91. The largest absolute Gasteiger partial charge is 0.326 e. The van der Waals surface area contributed by atoms with E-state index in [1.165, 1.54) is 11.1 Å². The molecule has 2 aromatic carbocycles. The number of carbonyl (C=O) groups excluding carboxylic acids is 2. The fraction of sp³-hybridized carbons (Fsp3) is 0.391. The molecule has 0 aromatic heterocycles. The zero-order valence-corrected chi connectivity index (χ0v) is 16.7. The van der Waals surface area contributed by atoms with Gasteiger partial charge in [0, 0.05) is 23.2 Å².